The van der Waals surface area contributed by atoms with E-state index in [1.165, 1.54) is 25.7 Å². The maximum atomic E-state index is 11.1. The molecule has 1 unspecified atom stereocenters. The van der Waals surface area contributed by atoms with Crippen molar-refractivity contribution in [2.24, 2.45) is 0 Å². The fourth-order valence-corrected chi connectivity index (χ4v) is 1.30. The van der Waals surface area contributed by atoms with Crippen LogP contribution in [0.5, 0.6) is 0 Å². The van der Waals surface area contributed by atoms with E-state index in [0.717, 1.165) is 12.8 Å². The molecule has 0 saturated carbocycles. The van der Waals surface area contributed by atoms with E-state index < -0.39 is 6.10 Å². The third kappa shape index (κ3) is 11.3. The van der Waals surface area contributed by atoms with Gasteiger partial charge in [0.25, 0.3) is 0 Å². The molecule has 0 rings (SSSR count). The average Bonchev–Trinajstić information content (AvgIpc) is 2.26. The molecular weight excluding hydrogens is 235 g/mol. The minimum atomic E-state index is -0.576. The SMILES string of the molecule is CCCCCCCCOC(=O)C(C)OS.[H-].[Na+]. The van der Waals surface area contributed by atoms with Crippen LogP contribution in [0, 0.1) is 0 Å². The summed E-state index contributed by atoms with van der Waals surface area (Å²) in [6, 6.07) is 0. The Morgan fingerprint density at radius 2 is 1.81 bits per heavy atom. The minimum Gasteiger partial charge on any atom is -1.00 e. The molecule has 0 aliphatic carbocycles. The van der Waals surface area contributed by atoms with Gasteiger partial charge in [-0.15, -0.1) is 0 Å². The van der Waals surface area contributed by atoms with Gasteiger partial charge < -0.3 is 10.3 Å². The zero-order valence-electron chi connectivity index (χ0n) is 11.7. The summed E-state index contributed by atoms with van der Waals surface area (Å²) in [7, 11) is 0. The summed E-state index contributed by atoms with van der Waals surface area (Å²) in [5.74, 6) is -0.335. The van der Waals surface area contributed by atoms with Crippen molar-refractivity contribution < 1.29 is 44.7 Å². The van der Waals surface area contributed by atoms with Crippen LogP contribution >= 0.6 is 12.9 Å². The van der Waals surface area contributed by atoms with E-state index >= 15 is 0 Å². The van der Waals surface area contributed by atoms with Crippen LogP contribution in [-0.2, 0) is 13.7 Å². The van der Waals surface area contributed by atoms with Crippen LogP contribution in [0.1, 0.15) is 53.8 Å². The molecule has 0 spiro atoms. The monoisotopic (exact) mass is 258 g/mol. The molecule has 3 nitrogen and oxygen atoms in total. The maximum Gasteiger partial charge on any atom is 1.00 e. The minimum absolute atomic E-state index is 0. The van der Waals surface area contributed by atoms with Gasteiger partial charge in [-0.05, 0) is 26.3 Å². The van der Waals surface area contributed by atoms with E-state index in [0.29, 0.717) is 6.61 Å². The van der Waals surface area contributed by atoms with Crippen LogP contribution < -0.4 is 29.6 Å². The summed E-state index contributed by atoms with van der Waals surface area (Å²) in [5, 5.41) is 0. The van der Waals surface area contributed by atoms with E-state index in [1.54, 1.807) is 6.92 Å². The van der Waals surface area contributed by atoms with Crippen LogP contribution in [0.2, 0.25) is 0 Å². The van der Waals surface area contributed by atoms with Gasteiger partial charge in [0.2, 0.25) is 0 Å². The van der Waals surface area contributed by atoms with E-state index in [1.807, 2.05) is 0 Å². The molecule has 0 aliphatic heterocycles. The summed E-state index contributed by atoms with van der Waals surface area (Å²) >= 11 is 3.56. The molecule has 1 atom stereocenters. The normalized spacial score (nSPS) is 11.7. The van der Waals surface area contributed by atoms with Crippen molar-refractivity contribution in [1.29, 1.82) is 0 Å². The molecule has 0 aromatic heterocycles. The summed E-state index contributed by atoms with van der Waals surface area (Å²) in [4.78, 5) is 11.1. The molecule has 92 valence electrons. The number of hydrogen-bond acceptors (Lipinski definition) is 4. The fourth-order valence-electron chi connectivity index (χ4n) is 1.22. The first-order valence-corrected chi connectivity index (χ1v) is 6.05. The van der Waals surface area contributed by atoms with Crippen LogP contribution in [-0.4, -0.2) is 18.7 Å². The van der Waals surface area contributed by atoms with Crippen molar-refractivity contribution in [2.75, 3.05) is 6.61 Å². The Bertz CT molecular complexity index is 173. The molecule has 0 fully saturated rings. The Balaban J connectivity index is -0.000000980. The summed E-state index contributed by atoms with van der Waals surface area (Å²) in [5.41, 5.74) is 0. The van der Waals surface area contributed by atoms with Crippen molar-refractivity contribution >= 4 is 18.9 Å². The largest absolute Gasteiger partial charge is 1.00 e. The second-order valence-electron chi connectivity index (χ2n) is 3.68. The Kier molecular flexibility index (Phi) is 16.5. The van der Waals surface area contributed by atoms with Crippen molar-refractivity contribution in [3.63, 3.8) is 0 Å². The van der Waals surface area contributed by atoms with Crippen LogP contribution in [0.15, 0.2) is 0 Å². The van der Waals surface area contributed by atoms with Crippen LogP contribution in [0.25, 0.3) is 0 Å². The van der Waals surface area contributed by atoms with E-state index in [2.05, 4.69) is 24.0 Å². The van der Waals surface area contributed by atoms with Crippen molar-refractivity contribution in [1.82, 2.24) is 0 Å². The third-order valence-corrected chi connectivity index (χ3v) is 2.55. The molecule has 0 amide bonds. The van der Waals surface area contributed by atoms with Gasteiger partial charge in [-0.3, -0.25) is 0 Å². The topological polar surface area (TPSA) is 35.5 Å². The number of hydrogen-bond donors (Lipinski definition) is 1. The Morgan fingerprint density at radius 1 is 1.25 bits per heavy atom. The predicted octanol–water partition coefficient (Wildman–Crippen LogP) is 0.257. The smallest absolute Gasteiger partial charge is 1.00 e. The van der Waals surface area contributed by atoms with Crippen molar-refractivity contribution in [3.05, 3.63) is 0 Å². The molecule has 0 bridgehead atoms. The first-order valence-electron chi connectivity index (χ1n) is 5.69. The summed E-state index contributed by atoms with van der Waals surface area (Å²) in [6.07, 6.45) is 6.55. The second-order valence-corrected chi connectivity index (χ2v) is 3.89. The molecule has 0 heterocycles. The van der Waals surface area contributed by atoms with Gasteiger partial charge in [-0.1, -0.05) is 39.0 Å². The van der Waals surface area contributed by atoms with Gasteiger partial charge in [0.1, 0.15) is 0 Å². The third-order valence-electron chi connectivity index (χ3n) is 2.23. The zero-order valence-corrected chi connectivity index (χ0v) is 13.6. The average molecular weight is 258 g/mol. The van der Waals surface area contributed by atoms with Crippen LogP contribution in [0.4, 0.5) is 0 Å². The van der Waals surface area contributed by atoms with Gasteiger partial charge in [0.05, 0.1) is 6.61 Å². The maximum absolute atomic E-state index is 11.1. The predicted molar refractivity (Wildman–Crippen MR) is 65.0 cm³/mol. The molecular formula is C11H23NaO3S. The molecule has 0 aliphatic rings. The molecule has 16 heavy (non-hydrogen) atoms. The van der Waals surface area contributed by atoms with E-state index in [-0.39, 0.29) is 37.0 Å². The molecule has 0 N–H and O–H groups in total. The van der Waals surface area contributed by atoms with Crippen molar-refractivity contribution in [3.8, 4) is 0 Å². The van der Waals surface area contributed by atoms with E-state index in [4.69, 9.17) is 4.74 Å². The second kappa shape index (κ2) is 13.8. The Labute approximate surface area is 128 Å². The standard InChI is InChI=1S/C11H22O3S.Na.H/c1-3-4-5-6-7-8-9-13-11(12)10(2)14-15;;/h10,15H,3-9H2,1-2H3;;/q;+1;-1. The first-order chi connectivity index (χ1) is 7.22. The fraction of sp³-hybridized carbons (Fsp3) is 0.909. The Hall–Kier alpha value is 0.780. The molecule has 0 saturated heterocycles. The summed E-state index contributed by atoms with van der Waals surface area (Å²) < 4.78 is 9.53. The quantitative estimate of drug-likeness (QED) is 0.212. The zero-order chi connectivity index (χ0) is 11.5. The molecule has 5 heteroatoms. The van der Waals surface area contributed by atoms with Gasteiger partial charge in [0.15, 0.2) is 6.10 Å². The van der Waals surface area contributed by atoms with Crippen molar-refractivity contribution in [2.45, 2.75) is 58.5 Å². The molecule has 0 aromatic carbocycles. The van der Waals surface area contributed by atoms with Gasteiger partial charge in [-0.2, -0.15) is 0 Å². The van der Waals surface area contributed by atoms with Crippen LogP contribution in [0.3, 0.4) is 0 Å². The first kappa shape index (κ1) is 19.1. The number of carbonyl (C=O) groups excluding carboxylic acids is 1. The number of thiol groups is 1. The van der Waals surface area contributed by atoms with Gasteiger partial charge in [-0.25, -0.2) is 4.79 Å². The van der Waals surface area contributed by atoms with Gasteiger partial charge in [0, 0.05) is 0 Å². The Morgan fingerprint density at radius 3 is 2.38 bits per heavy atom. The number of ether oxygens (including phenoxy) is 1. The van der Waals surface area contributed by atoms with Gasteiger partial charge >= 0.3 is 35.5 Å². The number of carbonyl (C=O) groups is 1. The molecule has 0 aromatic rings. The molecule has 0 radical (unpaired) electrons. The number of unbranched alkanes of at least 4 members (excludes halogenated alkanes) is 5. The van der Waals surface area contributed by atoms with E-state index in [9.17, 15) is 4.79 Å². The number of rotatable bonds is 9. The summed E-state index contributed by atoms with van der Waals surface area (Å²) in [6.45, 7) is 4.31. The number of esters is 1.